The molecule has 0 spiro atoms. The highest BCUT2D eigenvalue weighted by atomic mass is 28.4. The van der Waals surface area contributed by atoms with Gasteiger partial charge in [0, 0.05) is 25.9 Å². The maximum Gasteiger partial charge on any atom is 0.751 e. The van der Waals surface area contributed by atoms with Gasteiger partial charge in [-0.3, -0.25) is 0 Å². The van der Waals surface area contributed by atoms with Gasteiger partial charge in [-0.15, -0.1) is 0 Å². The van der Waals surface area contributed by atoms with Crippen LogP contribution in [-0.4, -0.2) is 34.8 Å². The van der Waals surface area contributed by atoms with Crippen molar-refractivity contribution in [3.63, 3.8) is 0 Å². The van der Waals surface area contributed by atoms with Gasteiger partial charge < -0.3 is 17.7 Å². The van der Waals surface area contributed by atoms with Gasteiger partial charge in [0.25, 0.3) is 0 Å². The van der Waals surface area contributed by atoms with E-state index in [0.29, 0.717) is 19.8 Å². The van der Waals surface area contributed by atoms with E-state index in [0.717, 1.165) is 44.6 Å². The van der Waals surface area contributed by atoms with Gasteiger partial charge in [-0.2, -0.15) is 0 Å². The average Bonchev–Trinajstić information content (AvgIpc) is 2.48. The Balaban J connectivity index is 4.76. The minimum absolute atomic E-state index is 0.464. The molecule has 6 heteroatoms. The number of hydrogen-bond donors (Lipinski definition) is 0. The summed E-state index contributed by atoms with van der Waals surface area (Å²) < 4.78 is 22.6. The van der Waals surface area contributed by atoms with Crippen molar-refractivity contribution in [2.24, 2.45) is 0 Å². The molecule has 5 nitrogen and oxygen atoms in total. The van der Waals surface area contributed by atoms with Gasteiger partial charge in [0.2, 0.25) is 0 Å². The Hall–Kier alpha value is -0.693. The van der Waals surface area contributed by atoms with Crippen LogP contribution in [0.25, 0.3) is 0 Å². The molecular weight excluding hydrogens is 288 g/mol. The van der Waals surface area contributed by atoms with Gasteiger partial charge in [0.15, 0.2) is 0 Å². The van der Waals surface area contributed by atoms with Crippen molar-refractivity contribution in [3.8, 4) is 0 Å². The molecule has 0 aromatic heterocycles. The third-order valence-electron chi connectivity index (χ3n) is 2.72. The van der Waals surface area contributed by atoms with E-state index in [2.05, 4.69) is 27.4 Å². The SMILES string of the molecule is C=CC(=O)O[Si](OCCCC)(OCCCC)OCCCC. The molecule has 0 saturated heterocycles. The largest absolute Gasteiger partial charge is 0.751 e. The Kier molecular flexibility index (Phi) is 12.6. The predicted molar refractivity (Wildman–Crippen MR) is 84.6 cm³/mol. The standard InChI is InChI=1S/C15H30O5Si/c1-5-9-12-17-21(18-13-10-6-2,19-14-11-7-3)20-15(16)8-4/h8H,4-7,9-14H2,1-3H3. The lowest BCUT2D eigenvalue weighted by Crippen LogP contribution is -2.51. The quantitative estimate of drug-likeness (QED) is 0.278. The van der Waals surface area contributed by atoms with Crippen molar-refractivity contribution in [2.45, 2.75) is 59.3 Å². The van der Waals surface area contributed by atoms with E-state index < -0.39 is 15.0 Å². The van der Waals surface area contributed by atoms with E-state index in [4.69, 9.17) is 17.7 Å². The zero-order valence-electron chi connectivity index (χ0n) is 13.7. The Bertz CT molecular complexity index is 257. The number of carbonyl (C=O) groups excluding carboxylic acids is 1. The summed E-state index contributed by atoms with van der Waals surface area (Å²) in [7, 11) is -3.41. The van der Waals surface area contributed by atoms with Gasteiger partial charge in [-0.1, -0.05) is 46.6 Å². The van der Waals surface area contributed by atoms with Crippen LogP contribution in [0.1, 0.15) is 59.3 Å². The summed E-state index contributed by atoms with van der Waals surface area (Å²) in [6.07, 6.45) is 6.69. The number of carbonyl (C=O) groups is 1. The zero-order valence-corrected chi connectivity index (χ0v) is 14.7. The van der Waals surface area contributed by atoms with Gasteiger partial charge in [0.05, 0.1) is 0 Å². The van der Waals surface area contributed by atoms with Crippen LogP contribution in [-0.2, 0) is 22.5 Å². The highest BCUT2D eigenvalue weighted by molar-refractivity contribution is 6.55. The monoisotopic (exact) mass is 318 g/mol. The van der Waals surface area contributed by atoms with E-state index in [1.807, 2.05) is 0 Å². The van der Waals surface area contributed by atoms with Crippen LogP contribution in [0.15, 0.2) is 12.7 Å². The van der Waals surface area contributed by atoms with Crippen molar-refractivity contribution in [1.82, 2.24) is 0 Å². The summed E-state index contributed by atoms with van der Waals surface area (Å²) in [4.78, 5) is 11.6. The van der Waals surface area contributed by atoms with E-state index in [-0.39, 0.29) is 0 Å². The number of rotatable bonds is 14. The molecule has 124 valence electrons. The third-order valence-corrected chi connectivity index (χ3v) is 4.85. The molecule has 0 fully saturated rings. The molecule has 0 aromatic rings. The molecule has 0 N–H and O–H groups in total. The minimum atomic E-state index is -3.41. The summed E-state index contributed by atoms with van der Waals surface area (Å²) in [5, 5.41) is 0. The molecule has 0 aliphatic rings. The first-order valence-electron chi connectivity index (χ1n) is 7.91. The van der Waals surface area contributed by atoms with E-state index in [1.165, 1.54) is 0 Å². The predicted octanol–water partition coefficient (Wildman–Crippen LogP) is 3.60. The number of unbranched alkanes of at least 4 members (excludes halogenated alkanes) is 3. The highest BCUT2D eigenvalue weighted by Gasteiger charge is 2.49. The molecule has 0 aromatic carbocycles. The Morgan fingerprint density at radius 3 is 1.57 bits per heavy atom. The van der Waals surface area contributed by atoms with Gasteiger partial charge in [-0.05, 0) is 19.3 Å². The summed E-state index contributed by atoms with van der Waals surface area (Å²) in [5.41, 5.74) is 0. The van der Waals surface area contributed by atoms with Crippen molar-refractivity contribution < 1.29 is 22.5 Å². The third kappa shape index (κ3) is 9.79. The maximum atomic E-state index is 11.6. The Morgan fingerprint density at radius 2 is 1.29 bits per heavy atom. The normalized spacial score (nSPS) is 11.4. The second-order valence-corrected chi connectivity index (χ2v) is 6.80. The smallest absolute Gasteiger partial charge is 0.449 e. The second-order valence-electron chi connectivity index (χ2n) is 4.73. The van der Waals surface area contributed by atoms with Crippen molar-refractivity contribution in [2.75, 3.05) is 19.8 Å². The number of hydrogen-bond acceptors (Lipinski definition) is 5. The van der Waals surface area contributed by atoms with Gasteiger partial charge in [-0.25, -0.2) is 4.79 Å². The molecule has 0 amide bonds. The maximum absolute atomic E-state index is 11.6. The van der Waals surface area contributed by atoms with E-state index >= 15 is 0 Å². The van der Waals surface area contributed by atoms with Crippen LogP contribution in [0, 0.1) is 0 Å². The van der Waals surface area contributed by atoms with Crippen LogP contribution in [0.3, 0.4) is 0 Å². The van der Waals surface area contributed by atoms with E-state index in [9.17, 15) is 4.79 Å². The van der Waals surface area contributed by atoms with Gasteiger partial charge >= 0.3 is 15.0 Å². The first-order valence-corrected chi connectivity index (χ1v) is 9.54. The first kappa shape index (κ1) is 20.3. The molecule has 0 bridgehead atoms. The van der Waals surface area contributed by atoms with Crippen LogP contribution in [0.2, 0.25) is 0 Å². The molecule has 0 unspecified atom stereocenters. The van der Waals surface area contributed by atoms with Crippen molar-refractivity contribution >= 4 is 15.0 Å². The first-order chi connectivity index (χ1) is 10.1. The molecule has 0 heterocycles. The van der Waals surface area contributed by atoms with Crippen molar-refractivity contribution in [3.05, 3.63) is 12.7 Å². The fraction of sp³-hybridized carbons (Fsp3) is 0.800. The van der Waals surface area contributed by atoms with Crippen molar-refractivity contribution in [1.29, 1.82) is 0 Å². The summed E-state index contributed by atoms with van der Waals surface area (Å²) in [6.45, 7) is 11.0. The molecule has 0 aliphatic heterocycles. The van der Waals surface area contributed by atoms with Crippen LogP contribution >= 0.6 is 0 Å². The average molecular weight is 318 g/mol. The minimum Gasteiger partial charge on any atom is -0.449 e. The highest BCUT2D eigenvalue weighted by Crippen LogP contribution is 2.15. The Morgan fingerprint density at radius 1 is 0.905 bits per heavy atom. The van der Waals surface area contributed by atoms with Crippen LogP contribution in [0.4, 0.5) is 0 Å². The molecule has 21 heavy (non-hydrogen) atoms. The Labute approximate surface area is 130 Å². The fourth-order valence-corrected chi connectivity index (χ4v) is 3.34. The van der Waals surface area contributed by atoms with Crippen LogP contribution in [0.5, 0.6) is 0 Å². The molecular formula is C15H30O5Si. The van der Waals surface area contributed by atoms with Gasteiger partial charge in [0.1, 0.15) is 0 Å². The summed E-state index contributed by atoms with van der Waals surface area (Å²) in [5.74, 6) is -0.564. The fourth-order valence-electron chi connectivity index (χ4n) is 1.40. The van der Waals surface area contributed by atoms with E-state index in [1.54, 1.807) is 0 Å². The molecule has 0 atom stereocenters. The van der Waals surface area contributed by atoms with Crippen LogP contribution < -0.4 is 0 Å². The molecule has 0 rings (SSSR count). The second kappa shape index (κ2) is 13.0. The summed E-state index contributed by atoms with van der Waals surface area (Å²) >= 11 is 0. The topological polar surface area (TPSA) is 54.0 Å². The summed E-state index contributed by atoms with van der Waals surface area (Å²) in [6, 6.07) is 0. The molecule has 0 radical (unpaired) electrons. The zero-order chi connectivity index (χ0) is 16.0. The lowest BCUT2D eigenvalue weighted by Gasteiger charge is -2.27. The molecule has 0 saturated carbocycles. The molecule has 0 aliphatic carbocycles. The lowest BCUT2D eigenvalue weighted by molar-refractivity contribution is -0.139. The lowest BCUT2D eigenvalue weighted by atomic mass is 10.4.